The Bertz CT molecular complexity index is 827. The summed E-state index contributed by atoms with van der Waals surface area (Å²) in [6.07, 6.45) is 1.38. The van der Waals surface area contributed by atoms with Crippen LogP contribution in [0.3, 0.4) is 0 Å². The minimum atomic E-state index is -3.75. The van der Waals surface area contributed by atoms with Gasteiger partial charge in [-0.25, -0.2) is 17.9 Å². The van der Waals surface area contributed by atoms with E-state index in [-0.39, 0.29) is 23.7 Å². The second kappa shape index (κ2) is 7.50. The van der Waals surface area contributed by atoms with Crippen LogP contribution < -0.4 is 9.46 Å². The number of ether oxygens (including phenoxy) is 2. The second-order valence-corrected chi connectivity index (χ2v) is 6.84. The van der Waals surface area contributed by atoms with Gasteiger partial charge in [0.15, 0.2) is 0 Å². The Hall–Kier alpha value is -2.32. The number of nitrogens with one attached hydrogen (secondary N) is 1. The van der Waals surface area contributed by atoms with Crippen LogP contribution in [0.1, 0.15) is 23.0 Å². The smallest absolute Gasteiger partial charge is 0.354 e. The average molecular weight is 352 g/mol. The summed E-state index contributed by atoms with van der Waals surface area (Å²) >= 11 is 0. The summed E-state index contributed by atoms with van der Waals surface area (Å²) in [5, 5.41) is 0. The minimum absolute atomic E-state index is 0.0101. The fourth-order valence-corrected chi connectivity index (χ4v) is 3.22. The summed E-state index contributed by atoms with van der Waals surface area (Å²) in [7, 11) is -0.611. The first-order valence-electron chi connectivity index (χ1n) is 7.33. The van der Waals surface area contributed by atoms with Gasteiger partial charge in [-0.05, 0) is 30.7 Å². The summed E-state index contributed by atoms with van der Waals surface area (Å²) in [5.41, 5.74) is 0.943. The molecular formula is C16H20N2O5S. The van der Waals surface area contributed by atoms with E-state index in [1.807, 2.05) is 0 Å². The molecule has 1 aromatic heterocycles. The second-order valence-electron chi connectivity index (χ2n) is 5.07. The highest BCUT2D eigenvalue weighted by Gasteiger charge is 2.21. The van der Waals surface area contributed by atoms with E-state index in [0.717, 1.165) is 5.56 Å². The third-order valence-corrected chi connectivity index (χ3v) is 4.74. The monoisotopic (exact) mass is 352 g/mol. The van der Waals surface area contributed by atoms with Crippen LogP contribution in [-0.2, 0) is 28.4 Å². The zero-order chi connectivity index (χ0) is 17.7. The van der Waals surface area contributed by atoms with Crippen molar-refractivity contribution < 1.29 is 22.7 Å². The zero-order valence-corrected chi connectivity index (χ0v) is 14.6. The van der Waals surface area contributed by atoms with E-state index in [4.69, 9.17) is 9.47 Å². The number of hydrogen-bond donors (Lipinski definition) is 1. The number of methoxy groups -OCH3 is 1. The molecule has 0 aliphatic heterocycles. The zero-order valence-electron chi connectivity index (χ0n) is 13.8. The molecule has 0 fully saturated rings. The molecule has 0 saturated carbocycles. The molecule has 0 aliphatic rings. The molecule has 0 saturated heterocycles. The number of benzene rings is 1. The lowest BCUT2D eigenvalue weighted by molar-refractivity contribution is 0.0515. The van der Waals surface area contributed by atoms with E-state index >= 15 is 0 Å². The van der Waals surface area contributed by atoms with Crippen LogP contribution in [0.25, 0.3) is 0 Å². The van der Waals surface area contributed by atoms with E-state index in [9.17, 15) is 13.2 Å². The SMILES string of the molecule is CCOC(=O)c1cc(S(=O)(=O)NCc2cccc(OC)c2)cn1C. The van der Waals surface area contributed by atoms with E-state index in [1.54, 1.807) is 45.3 Å². The van der Waals surface area contributed by atoms with Crippen LogP contribution in [0, 0.1) is 0 Å². The maximum atomic E-state index is 12.4. The molecule has 2 rings (SSSR count). The normalized spacial score (nSPS) is 11.3. The molecule has 1 N–H and O–H groups in total. The number of aromatic nitrogens is 1. The average Bonchev–Trinajstić information content (AvgIpc) is 2.96. The number of carbonyl (C=O) groups is 1. The molecule has 2 aromatic rings. The van der Waals surface area contributed by atoms with Crippen LogP contribution >= 0.6 is 0 Å². The van der Waals surface area contributed by atoms with E-state index in [1.165, 1.54) is 16.8 Å². The van der Waals surface area contributed by atoms with Gasteiger partial charge < -0.3 is 14.0 Å². The molecule has 0 atom stereocenters. The van der Waals surface area contributed by atoms with Gasteiger partial charge in [-0.1, -0.05) is 12.1 Å². The Morgan fingerprint density at radius 3 is 2.71 bits per heavy atom. The predicted molar refractivity (Wildman–Crippen MR) is 88.4 cm³/mol. The van der Waals surface area contributed by atoms with Crippen molar-refractivity contribution >= 4 is 16.0 Å². The van der Waals surface area contributed by atoms with Crippen LogP contribution in [0.4, 0.5) is 0 Å². The topological polar surface area (TPSA) is 86.6 Å². The van der Waals surface area contributed by atoms with Crippen molar-refractivity contribution in [3.63, 3.8) is 0 Å². The van der Waals surface area contributed by atoms with Crippen molar-refractivity contribution in [3.8, 4) is 5.75 Å². The Kier molecular flexibility index (Phi) is 5.63. The third kappa shape index (κ3) is 4.15. The molecule has 1 aromatic carbocycles. The molecule has 0 aliphatic carbocycles. The number of esters is 1. The van der Waals surface area contributed by atoms with Crippen molar-refractivity contribution in [2.75, 3.05) is 13.7 Å². The van der Waals surface area contributed by atoms with Gasteiger partial charge in [0, 0.05) is 19.8 Å². The van der Waals surface area contributed by atoms with E-state index < -0.39 is 16.0 Å². The lowest BCUT2D eigenvalue weighted by Gasteiger charge is -2.06. The van der Waals surface area contributed by atoms with Gasteiger partial charge in [0.2, 0.25) is 10.0 Å². The number of nitrogens with zero attached hydrogens (tertiary/aromatic N) is 1. The highest BCUT2D eigenvalue weighted by molar-refractivity contribution is 7.89. The highest BCUT2D eigenvalue weighted by atomic mass is 32.2. The predicted octanol–water partition coefficient (Wildman–Crippen LogP) is 1.69. The molecule has 0 bridgehead atoms. The molecular weight excluding hydrogens is 332 g/mol. The van der Waals surface area contributed by atoms with Gasteiger partial charge in [-0.15, -0.1) is 0 Å². The van der Waals surface area contributed by atoms with Crippen molar-refractivity contribution in [2.45, 2.75) is 18.4 Å². The first-order valence-corrected chi connectivity index (χ1v) is 8.81. The molecule has 0 amide bonds. The van der Waals surface area contributed by atoms with Crippen molar-refractivity contribution in [3.05, 3.63) is 47.8 Å². The van der Waals surface area contributed by atoms with E-state index in [2.05, 4.69) is 4.72 Å². The third-order valence-electron chi connectivity index (χ3n) is 3.38. The number of carbonyl (C=O) groups excluding carboxylic acids is 1. The molecule has 1 heterocycles. The van der Waals surface area contributed by atoms with Gasteiger partial charge in [0.25, 0.3) is 0 Å². The molecule has 8 heteroatoms. The van der Waals surface area contributed by atoms with Crippen LogP contribution in [0.5, 0.6) is 5.75 Å². The van der Waals surface area contributed by atoms with Gasteiger partial charge >= 0.3 is 5.97 Å². The Morgan fingerprint density at radius 2 is 2.04 bits per heavy atom. The highest BCUT2D eigenvalue weighted by Crippen LogP contribution is 2.16. The molecule has 0 unspecified atom stereocenters. The maximum Gasteiger partial charge on any atom is 0.354 e. The van der Waals surface area contributed by atoms with Gasteiger partial charge in [0.1, 0.15) is 16.3 Å². The van der Waals surface area contributed by atoms with Crippen LogP contribution in [-0.4, -0.2) is 32.7 Å². The van der Waals surface area contributed by atoms with Crippen LogP contribution in [0.15, 0.2) is 41.4 Å². The Labute approximate surface area is 141 Å². The van der Waals surface area contributed by atoms with Crippen LogP contribution in [0.2, 0.25) is 0 Å². The molecule has 7 nitrogen and oxygen atoms in total. The summed E-state index contributed by atoms with van der Waals surface area (Å²) < 4.78 is 38.7. The van der Waals surface area contributed by atoms with Gasteiger partial charge in [0.05, 0.1) is 13.7 Å². The molecule has 0 spiro atoms. The summed E-state index contributed by atoms with van der Waals surface area (Å²) in [6.45, 7) is 2.03. The Balaban J connectivity index is 2.15. The fourth-order valence-electron chi connectivity index (χ4n) is 2.13. The number of hydrogen-bond acceptors (Lipinski definition) is 5. The number of rotatable bonds is 7. The number of sulfonamides is 1. The standard InChI is InChI=1S/C16H20N2O5S/c1-4-23-16(19)15-9-14(11-18(15)2)24(20,21)17-10-12-6-5-7-13(8-12)22-3/h5-9,11,17H,4,10H2,1-3H3. The quantitative estimate of drug-likeness (QED) is 0.766. The first-order chi connectivity index (χ1) is 11.4. The lowest BCUT2D eigenvalue weighted by atomic mass is 10.2. The van der Waals surface area contributed by atoms with Crippen molar-refractivity contribution in [2.24, 2.45) is 7.05 Å². The largest absolute Gasteiger partial charge is 0.497 e. The molecule has 24 heavy (non-hydrogen) atoms. The fraction of sp³-hybridized carbons (Fsp3) is 0.312. The molecule has 0 radical (unpaired) electrons. The van der Waals surface area contributed by atoms with E-state index in [0.29, 0.717) is 5.75 Å². The van der Waals surface area contributed by atoms with Gasteiger partial charge in [-0.3, -0.25) is 0 Å². The van der Waals surface area contributed by atoms with Gasteiger partial charge in [-0.2, -0.15) is 0 Å². The Morgan fingerprint density at radius 1 is 1.29 bits per heavy atom. The lowest BCUT2D eigenvalue weighted by Crippen LogP contribution is -2.22. The van der Waals surface area contributed by atoms with Crippen molar-refractivity contribution in [1.29, 1.82) is 0 Å². The maximum absolute atomic E-state index is 12.4. The summed E-state index contributed by atoms with van der Waals surface area (Å²) in [4.78, 5) is 11.8. The summed E-state index contributed by atoms with van der Waals surface area (Å²) in [6, 6.07) is 8.40. The van der Waals surface area contributed by atoms with Crippen molar-refractivity contribution in [1.82, 2.24) is 9.29 Å². The number of aryl methyl sites for hydroxylation is 1. The summed E-state index contributed by atoms with van der Waals surface area (Å²) in [5.74, 6) is 0.0882. The first kappa shape index (κ1) is 18.0. The molecule has 130 valence electrons. The minimum Gasteiger partial charge on any atom is -0.497 e.